The number of pyridine rings is 1. The number of nitrogens with two attached hydrogens (primary N) is 1. The summed E-state index contributed by atoms with van der Waals surface area (Å²) < 4.78 is 32.8. The SMILES string of the molecule is COc1ccc(S(=O)(=O)N2CC3CN(c4ccc(Cl)cn4)CC3C2)cc1C(N)=O. The number of anilines is 1. The number of rotatable bonds is 5. The number of fused-ring (bicyclic) bond motifs is 1. The van der Waals surface area contributed by atoms with Gasteiger partial charge in [0.25, 0.3) is 5.91 Å². The summed E-state index contributed by atoms with van der Waals surface area (Å²) in [5.74, 6) is 0.802. The summed E-state index contributed by atoms with van der Waals surface area (Å²) in [6.07, 6.45) is 1.61. The number of halogens is 1. The van der Waals surface area contributed by atoms with Crippen LogP contribution in [0.4, 0.5) is 5.82 Å². The van der Waals surface area contributed by atoms with Gasteiger partial charge in [-0.2, -0.15) is 4.31 Å². The number of ether oxygens (including phenoxy) is 1. The Bertz CT molecular complexity index is 1030. The van der Waals surface area contributed by atoms with Crippen molar-refractivity contribution in [3.8, 4) is 5.75 Å². The van der Waals surface area contributed by atoms with Gasteiger partial charge in [-0.05, 0) is 42.2 Å². The number of nitrogens with zero attached hydrogens (tertiary/aromatic N) is 3. The number of hydrogen-bond donors (Lipinski definition) is 1. The molecule has 0 radical (unpaired) electrons. The molecule has 8 nitrogen and oxygen atoms in total. The van der Waals surface area contributed by atoms with Crippen molar-refractivity contribution in [2.45, 2.75) is 4.90 Å². The van der Waals surface area contributed by atoms with E-state index in [0.717, 1.165) is 18.9 Å². The number of benzene rings is 1. The predicted octanol–water partition coefficient (Wildman–Crippen LogP) is 1.60. The first kappa shape index (κ1) is 19.9. The van der Waals surface area contributed by atoms with Gasteiger partial charge >= 0.3 is 0 Å². The van der Waals surface area contributed by atoms with Gasteiger partial charge in [-0.15, -0.1) is 0 Å². The third-order valence-electron chi connectivity index (χ3n) is 5.56. The van der Waals surface area contributed by atoms with Gasteiger partial charge in [0.05, 0.1) is 22.6 Å². The smallest absolute Gasteiger partial charge is 0.252 e. The third kappa shape index (κ3) is 3.65. The minimum absolute atomic E-state index is 0.0447. The van der Waals surface area contributed by atoms with E-state index in [9.17, 15) is 13.2 Å². The van der Waals surface area contributed by atoms with Gasteiger partial charge in [0.15, 0.2) is 0 Å². The molecular formula is C19H21ClN4O4S. The molecule has 0 saturated carbocycles. The Morgan fingerprint density at radius 3 is 2.41 bits per heavy atom. The first-order valence-electron chi connectivity index (χ1n) is 9.14. The van der Waals surface area contributed by atoms with Crippen molar-refractivity contribution in [2.75, 3.05) is 38.2 Å². The number of sulfonamides is 1. The molecule has 10 heteroatoms. The topological polar surface area (TPSA) is 106 Å². The van der Waals surface area contributed by atoms with Crippen LogP contribution in [0.25, 0.3) is 0 Å². The third-order valence-corrected chi connectivity index (χ3v) is 7.61. The molecule has 2 aromatic rings. The van der Waals surface area contributed by atoms with E-state index in [1.165, 1.54) is 29.6 Å². The van der Waals surface area contributed by atoms with Gasteiger partial charge in [-0.25, -0.2) is 13.4 Å². The fourth-order valence-corrected chi connectivity index (χ4v) is 5.77. The second kappa shape index (κ2) is 7.47. The maximum absolute atomic E-state index is 13.1. The molecule has 3 heterocycles. The fourth-order valence-electron chi connectivity index (χ4n) is 4.08. The number of aromatic nitrogens is 1. The molecule has 154 valence electrons. The van der Waals surface area contributed by atoms with Gasteiger partial charge in [0, 0.05) is 32.4 Å². The Labute approximate surface area is 174 Å². The molecule has 2 saturated heterocycles. The number of carbonyl (C=O) groups excluding carboxylic acids is 1. The second-order valence-electron chi connectivity index (χ2n) is 7.31. The zero-order valence-electron chi connectivity index (χ0n) is 15.8. The van der Waals surface area contributed by atoms with E-state index in [1.54, 1.807) is 12.3 Å². The highest BCUT2D eigenvalue weighted by molar-refractivity contribution is 7.89. The first-order chi connectivity index (χ1) is 13.8. The number of primary amides is 1. The van der Waals surface area contributed by atoms with Gasteiger partial charge < -0.3 is 15.4 Å². The second-order valence-corrected chi connectivity index (χ2v) is 9.68. The van der Waals surface area contributed by atoms with Crippen molar-refractivity contribution >= 4 is 33.3 Å². The van der Waals surface area contributed by atoms with E-state index >= 15 is 0 Å². The lowest BCUT2D eigenvalue weighted by molar-refractivity contribution is 0.0997. The first-order valence-corrected chi connectivity index (χ1v) is 11.0. The summed E-state index contributed by atoms with van der Waals surface area (Å²) in [4.78, 5) is 18.2. The Kier molecular flexibility index (Phi) is 5.14. The Hall–Kier alpha value is -2.36. The van der Waals surface area contributed by atoms with Crippen molar-refractivity contribution in [3.63, 3.8) is 0 Å². The van der Waals surface area contributed by atoms with Crippen LogP contribution in [0.2, 0.25) is 5.02 Å². The maximum atomic E-state index is 13.1. The average molecular weight is 437 g/mol. The zero-order chi connectivity index (χ0) is 20.8. The fraction of sp³-hybridized carbons (Fsp3) is 0.368. The summed E-state index contributed by atoms with van der Waals surface area (Å²) in [6.45, 7) is 2.32. The molecule has 0 aliphatic carbocycles. The molecule has 4 rings (SSSR count). The van der Waals surface area contributed by atoms with Crippen molar-refractivity contribution in [1.29, 1.82) is 0 Å². The number of hydrogen-bond acceptors (Lipinski definition) is 6. The molecule has 29 heavy (non-hydrogen) atoms. The van der Waals surface area contributed by atoms with E-state index in [4.69, 9.17) is 22.1 Å². The maximum Gasteiger partial charge on any atom is 0.252 e. The van der Waals surface area contributed by atoms with Gasteiger partial charge in [0.2, 0.25) is 10.0 Å². The Balaban J connectivity index is 1.51. The highest BCUT2D eigenvalue weighted by Gasteiger charge is 2.44. The van der Waals surface area contributed by atoms with Gasteiger partial charge in [0.1, 0.15) is 11.6 Å². The van der Waals surface area contributed by atoms with Crippen LogP contribution in [0.1, 0.15) is 10.4 Å². The molecule has 2 atom stereocenters. The minimum atomic E-state index is -3.73. The van der Waals surface area contributed by atoms with Crippen LogP contribution >= 0.6 is 11.6 Å². The quantitative estimate of drug-likeness (QED) is 0.763. The van der Waals surface area contributed by atoms with Crippen LogP contribution in [-0.2, 0) is 10.0 Å². The van der Waals surface area contributed by atoms with E-state index in [-0.39, 0.29) is 28.0 Å². The summed E-state index contributed by atoms with van der Waals surface area (Å²) in [7, 11) is -2.33. The van der Waals surface area contributed by atoms with Crippen LogP contribution in [-0.4, -0.2) is 56.9 Å². The molecule has 1 aromatic heterocycles. The predicted molar refractivity (Wildman–Crippen MR) is 109 cm³/mol. The van der Waals surface area contributed by atoms with Crippen LogP contribution in [0, 0.1) is 11.8 Å². The highest BCUT2D eigenvalue weighted by Crippen LogP contribution is 2.36. The Morgan fingerprint density at radius 1 is 1.17 bits per heavy atom. The minimum Gasteiger partial charge on any atom is -0.496 e. The number of carbonyl (C=O) groups is 1. The van der Waals surface area contributed by atoms with Crippen LogP contribution in [0.3, 0.4) is 0 Å². The molecule has 0 bridgehead atoms. The molecule has 2 aliphatic heterocycles. The van der Waals surface area contributed by atoms with Crippen LogP contribution in [0.15, 0.2) is 41.4 Å². The largest absolute Gasteiger partial charge is 0.496 e. The molecular weight excluding hydrogens is 416 g/mol. The van der Waals surface area contributed by atoms with Crippen molar-refractivity contribution < 1.29 is 17.9 Å². The van der Waals surface area contributed by atoms with Gasteiger partial charge in [-0.3, -0.25) is 4.79 Å². The van der Waals surface area contributed by atoms with E-state index in [1.807, 2.05) is 6.07 Å². The molecule has 1 aromatic carbocycles. The molecule has 2 fully saturated rings. The standard InChI is InChI=1S/C19H21ClN4O4S/c1-28-17-4-3-15(6-16(17)19(21)25)29(26,27)24-10-12-8-23(9-13(12)11-24)18-5-2-14(20)7-22-18/h2-7,12-13H,8-11H2,1H3,(H2,21,25). The monoisotopic (exact) mass is 436 g/mol. The summed E-state index contributed by atoms with van der Waals surface area (Å²) in [5.41, 5.74) is 5.41. The van der Waals surface area contributed by atoms with E-state index in [0.29, 0.717) is 18.1 Å². The lowest BCUT2D eigenvalue weighted by atomic mass is 10.0. The van der Waals surface area contributed by atoms with Crippen molar-refractivity contribution in [1.82, 2.24) is 9.29 Å². The Morgan fingerprint density at radius 2 is 1.86 bits per heavy atom. The lowest BCUT2D eigenvalue weighted by Gasteiger charge is -2.22. The number of methoxy groups -OCH3 is 1. The van der Waals surface area contributed by atoms with Gasteiger partial charge in [-0.1, -0.05) is 11.6 Å². The van der Waals surface area contributed by atoms with E-state index < -0.39 is 15.9 Å². The van der Waals surface area contributed by atoms with Crippen LogP contribution in [0.5, 0.6) is 5.75 Å². The van der Waals surface area contributed by atoms with Crippen molar-refractivity contribution in [3.05, 3.63) is 47.1 Å². The molecule has 2 N–H and O–H groups in total. The summed E-state index contributed by atoms with van der Waals surface area (Å²) in [6, 6.07) is 7.86. The molecule has 2 aliphatic rings. The van der Waals surface area contributed by atoms with Crippen molar-refractivity contribution in [2.24, 2.45) is 17.6 Å². The lowest BCUT2D eigenvalue weighted by Crippen LogP contribution is -2.33. The molecule has 0 spiro atoms. The number of amides is 1. The molecule has 2 unspecified atom stereocenters. The summed E-state index contributed by atoms with van der Waals surface area (Å²) >= 11 is 5.90. The molecule has 1 amide bonds. The normalized spacial score (nSPS) is 21.9. The van der Waals surface area contributed by atoms with Crippen LogP contribution < -0.4 is 15.4 Å². The summed E-state index contributed by atoms with van der Waals surface area (Å²) in [5, 5.41) is 0.584. The average Bonchev–Trinajstić information content (AvgIpc) is 3.27. The highest BCUT2D eigenvalue weighted by atomic mass is 35.5. The van der Waals surface area contributed by atoms with E-state index in [2.05, 4.69) is 9.88 Å². The zero-order valence-corrected chi connectivity index (χ0v) is 17.4.